The van der Waals surface area contributed by atoms with E-state index in [4.69, 9.17) is 18.9 Å². The zero-order chi connectivity index (χ0) is 36.8. The number of likely N-dealkylation sites (tertiary alicyclic amines) is 1. The Morgan fingerprint density at radius 1 is 1.12 bits per heavy atom. The molecule has 0 saturated carbocycles. The highest BCUT2D eigenvalue weighted by Crippen LogP contribution is 2.38. The topological polar surface area (TPSA) is 130 Å². The van der Waals surface area contributed by atoms with Gasteiger partial charge in [-0.25, -0.2) is 0 Å². The fraction of sp³-hybridized carbons (Fsp3) is 0.919. The molecule has 12 nitrogen and oxygen atoms in total. The number of hydrogen-bond donors (Lipinski definition) is 2. The quantitative estimate of drug-likeness (QED) is 0.273. The summed E-state index contributed by atoms with van der Waals surface area (Å²) in [5.41, 5.74) is -2.41. The standard InChI is InChI=1S/C37H68N4O8/c1-23(2)19-38-20-30(42)41-15-13-27(14-16-41)29-22-47-35(45)36(6,7)32(44)26(5)33(37(8,46-12)18-24(3)21-40(29)11)49-34-31(43)28(39(9)10)17-25(4)48-34/h23-29,31,33-34,38,43H,13-22H2,1-12H3/t24-,25-,26+,28+,29+,31-,33-,34+,37-/m1/s1. The number of ketones is 1. The van der Waals surface area contributed by atoms with Gasteiger partial charge in [-0.3, -0.25) is 19.3 Å². The van der Waals surface area contributed by atoms with E-state index < -0.39 is 41.4 Å². The molecule has 3 saturated heterocycles. The highest BCUT2D eigenvalue weighted by Gasteiger charge is 2.51. The number of nitrogens with zero attached hydrogens (tertiary/aromatic N) is 3. The highest BCUT2D eigenvalue weighted by molar-refractivity contribution is 6.04. The van der Waals surface area contributed by atoms with Crippen molar-refractivity contribution in [2.45, 2.75) is 123 Å². The first-order chi connectivity index (χ1) is 22.8. The number of rotatable bonds is 9. The summed E-state index contributed by atoms with van der Waals surface area (Å²) in [5.74, 6) is -0.764. The molecule has 0 aliphatic carbocycles. The van der Waals surface area contributed by atoms with Crippen LogP contribution in [0.25, 0.3) is 0 Å². The summed E-state index contributed by atoms with van der Waals surface area (Å²) < 4.78 is 25.1. The number of carbonyl (C=O) groups excluding carboxylic acids is 3. The van der Waals surface area contributed by atoms with Crippen LogP contribution >= 0.6 is 0 Å². The maximum atomic E-state index is 14.3. The number of carbonyl (C=O) groups is 3. The molecule has 3 rings (SSSR count). The summed E-state index contributed by atoms with van der Waals surface area (Å²) in [6.45, 7) is 18.6. The summed E-state index contributed by atoms with van der Waals surface area (Å²) >= 11 is 0. The van der Waals surface area contributed by atoms with Crippen LogP contribution in [0.2, 0.25) is 0 Å². The summed E-state index contributed by atoms with van der Waals surface area (Å²) in [5, 5.41) is 14.6. The zero-order valence-corrected chi connectivity index (χ0v) is 32.5. The fourth-order valence-electron chi connectivity index (χ4n) is 8.17. The molecular weight excluding hydrogens is 628 g/mol. The predicted octanol–water partition coefficient (Wildman–Crippen LogP) is 2.80. The summed E-state index contributed by atoms with van der Waals surface area (Å²) in [6, 6.07) is -0.270. The number of Topliss-reactive ketones (excluding diaryl/α,β-unsaturated/α-hetero) is 1. The van der Waals surface area contributed by atoms with Crippen molar-refractivity contribution < 1.29 is 38.4 Å². The summed E-state index contributed by atoms with van der Waals surface area (Å²) in [6.07, 6.45) is -0.117. The Balaban J connectivity index is 1.87. The number of nitrogens with one attached hydrogen (secondary N) is 1. The first kappa shape index (κ1) is 41.7. The molecule has 3 aliphatic rings. The van der Waals surface area contributed by atoms with Gasteiger partial charge in [-0.15, -0.1) is 0 Å². The molecule has 0 radical (unpaired) electrons. The number of amides is 1. The van der Waals surface area contributed by atoms with Crippen LogP contribution in [0.15, 0.2) is 0 Å². The lowest BCUT2D eigenvalue weighted by molar-refractivity contribution is -0.295. The van der Waals surface area contributed by atoms with Gasteiger partial charge in [0.15, 0.2) is 12.1 Å². The lowest BCUT2D eigenvalue weighted by Gasteiger charge is -2.47. The first-order valence-electron chi connectivity index (χ1n) is 18.4. The molecular formula is C37H68N4O8. The Kier molecular flexibility index (Phi) is 15.1. The molecule has 3 heterocycles. The number of aliphatic hydroxyl groups excluding tert-OH is 1. The van der Waals surface area contributed by atoms with E-state index in [9.17, 15) is 19.5 Å². The molecule has 0 bridgehead atoms. The second-order valence-electron chi connectivity index (χ2n) is 16.6. The van der Waals surface area contributed by atoms with Gasteiger partial charge in [0.2, 0.25) is 5.91 Å². The van der Waals surface area contributed by atoms with Gasteiger partial charge in [-0.2, -0.15) is 0 Å². The second-order valence-corrected chi connectivity index (χ2v) is 16.6. The minimum Gasteiger partial charge on any atom is -0.463 e. The molecule has 284 valence electrons. The van der Waals surface area contributed by atoms with Gasteiger partial charge in [0.1, 0.15) is 18.1 Å². The van der Waals surface area contributed by atoms with Crippen LogP contribution in [0.5, 0.6) is 0 Å². The normalized spacial score (nSPS) is 36.3. The molecule has 0 aromatic rings. The van der Waals surface area contributed by atoms with Crippen LogP contribution in [0, 0.1) is 29.1 Å². The van der Waals surface area contributed by atoms with E-state index in [0.717, 1.165) is 19.4 Å². The van der Waals surface area contributed by atoms with Crippen molar-refractivity contribution in [3.63, 3.8) is 0 Å². The number of likely N-dealkylation sites (N-methyl/N-ethyl adjacent to an activating group) is 2. The lowest BCUT2D eigenvalue weighted by atomic mass is 9.74. The number of hydrogen-bond acceptors (Lipinski definition) is 11. The van der Waals surface area contributed by atoms with Crippen LogP contribution in [0.3, 0.4) is 0 Å². The molecule has 0 aromatic carbocycles. The van der Waals surface area contributed by atoms with Crippen LogP contribution in [0.4, 0.5) is 0 Å². The van der Waals surface area contributed by atoms with E-state index >= 15 is 0 Å². The van der Waals surface area contributed by atoms with E-state index in [0.29, 0.717) is 44.9 Å². The smallest absolute Gasteiger partial charge is 0.319 e. The number of cyclic esters (lactones) is 1. The first-order valence-corrected chi connectivity index (χ1v) is 18.4. The zero-order valence-electron chi connectivity index (χ0n) is 32.5. The van der Waals surface area contributed by atoms with Gasteiger partial charge in [0.05, 0.1) is 24.4 Å². The van der Waals surface area contributed by atoms with Crippen molar-refractivity contribution in [3.8, 4) is 0 Å². The Morgan fingerprint density at radius 2 is 1.76 bits per heavy atom. The van der Waals surface area contributed by atoms with Crippen molar-refractivity contribution in [2.24, 2.45) is 29.1 Å². The fourth-order valence-corrected chi connectivity index (χ4v) is 8.17. The molecule has 49 heavy (non-hydrogen) atoms. The number of ether oxygens (including phenoxy) is 4. The number of esters is 1. The molecule has 0 unspecified atom stereocenters. The summed E-state index contributed by atoms with van der Waals surface area (Å²) in [7, 11) is 7.53. The maximum absolute atomic E-state index is 14.3. The third-order valence-electron chi connectivity index (χ3n) is 11.2. The van der Waals surface area contributed by atoms with Crippen molar-refractivity contribution in [3.05, 3.63) is 0 Å². The molecule has 2 N–H and O–H groups in total. The van der Waals surface area contributed by atoms with Crippen molar-refractivity contribution in [1.82, 2.24) is 20.0 Å². The average Bonchev–Trinajstić information content (AvgIpc) is 3.03. The molecule has 0 aromatic heterocycles. The van der Waals surface area contributed by atoms with Gasteiger partial charge in [-0.1, -0.05) is 27.7 Å². The van der Waals surface area contributed by atoms with Gasteiger partial charge in [-0.05, 0) is 98.8 Å². The van der Waals surface area contributed by atoms with E-state index in [-0.39, 0.29) is 48.3 Å². The predicted molar refractivity (Wildman–Crippen MR) is 189 cm³/mol. The molecule has 9 atom stereocenters. The highest BCUT2D eigenvalue weighted by atomic mass is 16.7. The Labute approximate surface area is 295 Å². The van der Waals surface area contributed by atoms with Crippen molar-refractivity contribution >= 4 is 17.7 Å². The van der Waals surface area contributed by atoms with Crippen molar-refractivity contribution in [1.29, 1.82) is 0 Å². The van der Waals surface area contributed by atoms with E-state index in [1.165, 1.54) is 0 Å². The Hall–Kier alpha value is -1.67. The van der Waals surface area contributed by atoms with Crippen molar-refractivity contribution in [2.75, 3.05) is 67.6 Å². The Bertz CT molecular complexity index is 1100. The molecule has 12 heteroatoms. The van der Waals surface area contributed by atoms with Crippen LogP contribution in [-0.4, -0.2) is 147 Å². The second kappa shape index (κ2) is 17.7. The van der Waals surface area contributed by atoms with E-state index in [1.807, 2.05) is 37.7 Å². The Morgan fingerprint density at radius 3 is 2.33 bits per heavy atom. The van der Waals surface area contributed by atoms with Gasteiger partial charge in [0, 0.05) is 44.7 Å². The van der Waals surface area contributed by atoms with Crippen LogP contribution in [-0.2, 0) is 33.3 Å². The van der Waals surface area contributed by atoms with Crippen LogP contribution < -0.4 is 5.32 Å². The monoisotopic (exact) mass is 697 g/mol. The number of piperidine rings is 1. The summed E-state index contributed by atoms with van der Waals surface area (Å²) in [4.78, 5) is 47.1. The molecule has 3 fully saturated rings. The third-order valence-corrected chi connectivity index (χ3v) is 11.2. The van der Waals surface area contributed by atoms with Gasteiger partial charge >= 0.3 is 5.97 Å². The minimum atomic E-state index is -1.46. The van der Waals surface area contributed by atoms with Crippen LogP contribution in [0.1, 0.15) is 81.1 Å². The maximum Gasteiger partial charge on any atom is 0.319 e. The molecule has 0 spiro atoms. The molecule has 3 aliphatic heterocycles. The lowest BCUT2D eigenvalue weighted by Crippen LogP contribution is -2.59. The minimum absolute atomic E-state index is 0.0807. The van der Waals surface area contributed by atoms with Gasteiger partial charge < -0.3 is 39.2 Å². The third kappa shape index (κ3) is 10.5. The van der Waals surface area contributed by atoms with Gasteiger partial charge in [0.25, 0.3) is 0 Å². The van der Waals surface area contributed by atoms with E-state index in [2.05, 4.69) is 38.0 Å². The molecule has 1 amide bonds. The largest absolute Gasteiger partial charge is 0.463 e. The van der Waals surface area contributed by atoms with E-state index in [1.54, 1.807) is 27.9 Å². The number of aliphatic hydroxyl groups is 1. The number of methoxy groups -OCH3 is 1. The average molecular weight is 697 g/mol. The SMILES string of the molecule is CO[C@]1(C)C[C@@H](C)CN(C)[C@H](C2CCN(C(=O)CNCC(C)C)CC2)COC(=O)C(C)(C)C(=O)[C@H](C)[C@H]1O[C@@H]1O[C@H](C)C[C@H](N(C)C)[C@H]1O.